The van der Waals surface area contributed by atoms with Gasteiger partial charge >= 0.3 is 0 Å². The number of anilines is 2. The maximum absolute atomic E-state index is 5.50. The highest BCUT2D eigenvalue weighted by atomic mass is 15.3. The molecule has 1 fully saturated rings. The summed E-state index contributed by atoms with van der Waals surface area (Å²) in [5.41, 5.74) is 3.59. The minimum atomic E-state index is 0.619. The molecular weight excluding hydrogens is 262 g/mol. The van der Waals surface area contributed by atoms with Crippen molar-refractivity contribution in [3.63, 3.8) is 0 Å². The number of rotatable bonds is 7. The van der Waals surface area contributed by atoms with Gasteiger partial charge in [0.05, 0.1) is 0 Å². The molecule has 1 heterocycles. The third kappa shape index (κ3) is 3.92. The van der Waals surface area contributed by atoms with Crippen LogP contribution in [0.4, 0.5) is 11.6 Å². The van der Waals surface area contributed by atoms with Crippen molar-refractivity contribution in [3.05, 3.63) is 36.4 Å². The predicted octanol–water partition coefficient (Wildman–Crippen LogP) is 3.03. The van der Waals surface area contributed by atoms with Crippen molar-refractivity contribution in [1.82, 2.24) is 9.97 Å². The van der Waals surface area contributed by atoms with E-state index in [1.807, 2.05) is 36.4 Å². The number of nitrogen functional groups attached to an aromatic ring is 1. The number of hydrogen-bond acceptors (Lipinski definition) is 5. The molecule has 5 nitrogen and oxygen atoms in total. The fourth-order valence-corrected chi connectivity index (χ4v) is 2.34. The summed E-state index contributed by atoms with van der Waals surface area (Å²) < 4.78 is 0. The molecule has 21 heavy (non-hydrogen) atoms. The van der Waals surface area contributed by atoms with Crippen LogP contribution in [0.1, 0.15) is 25.7 Å². The van der Waals surface area contributed by atoms with Crippen molar-refractivity contribution in [1.29, 1.82) is 0 Å². The van der Waals surface area contributed by atoms with Crippen molar-refractivity contribution >= 4 is 11.6 Å². The molecule has 0 bridgehead atoms. The lowest BCUT2D eigenvalue weighted by Crippen LogP contribution is -2.11. The first-order chi connectivity index (χ1) is 10.3. The van der Waals surface area contributed by atoms with Crippen LogP contribution in [0.5, 0.6) is 0 Å². The molecule has 0 aliphatic heterocycles. The standard InChI is InChI=1S/C16H21N5/c17-21-15-11-14(18-10-4-5-12-8-9-12)19-16(20-15)13-6-2-1-3-7-13/h1-3,6-7,11-12H,4-5,8-10,17H2,(H2,18,19,20,21). The van der Waals surface area contributed by atoms with Gasteiger partial charge in [-0.15, -0.1) is 0 Å². The molecule has 2 aromatic rings. The lowest BCUT2D eigenvalue weighted by atomic mass is 10.2. The lowest BCUT2D eigenvalue weighted by molar-refractivity contribution is 0.686. The number of aromatic nitrogens is 2. The van der Waals surface area contributed by atoms with Crippen LogP contribution in [-0.4, -0.2) is 16.5 Å². The highest BCUT2D eigenvalue weighted by molar-refractivity contribution is 5.60. The second-order valence-electron chi connectivity index (χ2n) is 5.48. The minimum Gasteiger partial charge on any atom is -0.370 e. The molecule has 1 aromatic heterocycles. The van der Waals surface area contributed by atoms with Crippen LogP contribution in [0, 0.1) is 5.92 Å². The second-order valence-corrected chi connectivity index (χ2v) is 5.48. The second kappa shape index (κ2) is 6.54. The molecule has 1 saturated carbocycles. The number of hydrazine groups is 1. The van der Waals surface area contributed by atoms with Crippen LogP contribution in [0.2, 0.25) is 0 Å². The smallest absolute Gasteiger partial charge is 0.163 e. The Bertz CT molecular complexity index is 580. The van der Waals surface area contributed by atoms with Gasteiger partial charge in [0.1, 0.15) is 11.6 Å². The Balaban J connectivity index is 1.70. The van der Waals surface area contributed by atoms with Crippen LogP contribution in [0.15, 0.2) is 36.4 Å². The SMILES string of the molecule is NNc1cc(NCCCC2CC2)nc(-c2ccccc2)n1. The monoisotopic (exact) mass is 283 g/mol. The maximum atomic E-state index is 5.50. The summed E-state index contributed by atoms with van der Waals surface area (Å²) in [6.07, 6.45) is 5.31. The Morgan fingerprint density at radius 3 is 2.57 bits per heavy atom. The number of benzene rings is 1. The van der Waals surface area contributed by atoms with Crippen molar-refractivity contribution in [2.24, 2.45) is 11.8 Å². The van der Waals surface area contributed by atoms with Crippen LogP contribution in [-0.2, 0) is 0 Å². The zero-order valence-corrected chi connectivity index (χ0v) is 12.0. The van der Waals surface area contributed by atoms with Gasteiger partial charge in [-0.25, -0.2) is 15.8 Å². The number of nitrogens with two attached hydrogens (primary N) is 1. The van der Waals surface area contributed by atoms with Crippen molar-refractivity contribution in [2.75, 3.05) is 17.3 Å². The summed E-state index contributed by atoms with van der Waals surface area (Å²) in [7, 11) is 0. The first-order valence-corrected chi connectivity index (χ1v) is 7.50. The molecule has 1 aliphatic rings. The van der Waals surface area contributed by atoms with E-state index in [1.165, 1.54) is 25.7 Å². The van der Waals surface area contributed by atoms with Crippen LogP contribution < -0.4 is 16.6 Å². The zero-order valence-electron chi connectivity index (χ0n) is 12.0. The maximum Gasteiger partial charge on any atom is 0.163 e. The topological polar surface area (TPSA) is 75.9 Å². The Hall–Kier alpha value is -2.14. The Morgan fingerprint density at radius 1 is 1.10 bits per heavy atom. The van der Waals surface area contributed by atoms with Gasteiger partial charge in [-0.3, -0.25) is 0 Å². The average Bonchev–Trinajstić information content (AvgIpc) is 3.36. The number of hydrogen-bond donors (Lipinski definition) is 3. The molecule has 0 saturated heterocycles. The Morgan fingerprint density at radius 2 is 1.86 bits per heavy atom. The highest BCUT2D eigenvalue weighted by Crippen LogP contribution is 2.33. The van der Waals surface area contributed by atoms with Crippen LogP contribution in [0.3, 0.4) is 0 Å². The highest BCUT2D eigenvalue weighted by Gasteiger charge is 2.19. The molecule has 0 unspecified atom stereocenters. The molecule has 110 valence electrons. The molecule has 5 heteroatoms. The summed E-state index contributed by atoms with van der Waals surface area (Å²) in [6, 6.07) is 11.8. The van der Waals surface area contributed by atoms with Crippen LogP contribution >= 0.6 is 0 Å². The van der Waals surface area contributed by atoms with Gasteiger partial charge in [0.2, 0.25) is 0 Å². The fraction of sp³-hybridized carbons (Fsp3) is 0.375. The molecule has 0 spiro atoms. The third-order valence-electron chi connectivity index (χ3n) is 3.70. The van der Waals surface area contributed by atoms with E-state index in [4.69, 9.17) is 5.84 Å². The van der Waals surface area contributed by atoms with Gasteiger partial charge in [-0.1, -0.05) is 43.2 Å². The number of nitrogens with zero attached hydrogens (tertiary/aromatic N) is 2. The minimum absolute atomic E-state index is 0.619. The van der Waals surface area contributed by atoms with E-state index in [-0.39, 0.29) is 0 Å². The van der Waals surface area contributed by atoms with Gasteiger partial charge in [0.25, 0.3) is 0 Å². The van der Waals surface area contributed by atoms with E-state index in [9.17, 15) is 0 Å². The van der Waals surface area contributed by atoms with E-state index in [1.54, 1.807) is 0 Å². The molecule has 0 amide bonds. The Kier molecular flexibility index (Phi) is 4.31. The average molecular weight is 283 g/mol. The summed E-state index contributed by atoms with van der Waals surface area (Å²) in [5.74, 6) is 8.58. The van der Waals surface area contributed by atoms with Crippen molar-refractivity contribution < 1.29 is 0 Å². The summed E-state index contributed by atoms with van der Waals surface area (Å²) >= 11 is 0. The third-order valence-corrected chi connectivity index (χ3v) is 3.70. The van der Waals surface area contributed by atoms with Gasteiger partial charge in [-0.05, 0) is 18.8 Å². The van der Waals surface area contributed by atoms with Crippen LogP contribution in [0.25, 0.3) is 11.4 Å². The summed E-state index contributed by atoms with van der Waals surface area (Å²) in [5, 5.41) is 3.37. The van der Waals surface area contributed by atoms with Crippen molar-refractivity contribution in [2.45, 2.75) is 25.7 Å². The van der Waals surface area contributed by atoms with E-state index in [0.717, 1.165) is 23.8 Å². The van der Waals surface area contributed by atoms with E-state index in [0.29, 0.717) is 11.6 Å². The molecule has 0 radical (unpaired) electrons. The molecule has 1 aromatic carbocycles. The quantitative estimate of drug-likeness (QED) is 0.414. The molecule has 4 N–H and O–H groups in total. The van der Waals surface area contributed by atoms with Gasteiger partial charge in [0, 0.05) is 18.2 Å². The zero-order chi connectivity index (χ0) is 14.5. The van der Waals surface area contributed by atoms with E-state index in [2.05, 4.69) is 20.7 Å². The largest absolute Gasteiger partial charge is 0.370 e. The van der Waals surface area contributed by atoms with Gasteiger partial charge in [-0.2, -0.15) is 0 Å². The Labute approximate surface area is 125 Å². The lowest BCUT2D eigenvalue weighted by Gasteiger charge is -2.09. The van der Waals surface area contributed by atoms with Gasteiger partial charge < -0.3 is 10.7 Å². The van der Waals surface area contributed by atoms with Gasteiger partial charge in [0.15, 0.2) is 5.82 Å². The summed E-state index contributed by atoms with van der Waals surface area (Å²) in [6.45, 7) is 0.936. The predicted molar refractivity (Wildman–Crippen MR) is 85.7 cm³/mol. The van der Waals surface area contributed by atoms with E-state index >= 15 is 0 Å². The number of nitrogens with one attached hydrogen (secondary N) is 2. The van der Waals surface area contributed by atoms with E-state index < -0.39 is 0 Å². The molecule has 3 rings (SSSR count). The fourth-order valence-electron chi connectivity index (χ4n) is 2.34. The first-order valence-electron chi connectivity index (χ1n) is 7.50. The van der Waals surface area contributed by atoms with Crippen molar-refractivity contribution in [3.8, 4) is 11.4 Å². The molecule has 0 atom stereocenters. The first kappa shape index (κ1) is 13.8. The normalized spacial score (nSPS) is 14.0. The summed E-state index contributed by atoms with van der Waals surface area (Å²) in [4.78, 5) is 8.97. The molecule has 1 aliphatic carbocycles. The molecular formula is C16H21N5.